The Morgan fingerprint density at radius 3 is 2.40 bits per heavy atom. The van der Waals surface area contributed by atoms with Crippen molar-refractivity contribution in [2.45, 2.75) is 70.3 Å². The second kappa shape index (κ2) is 10.2. The van der Waals surface area contributed by atoms with Gasteiger partial charge in [-0.2, -0.15) is 5.26 Å². The molecule has 2 aromatic rings. The monoisotopic (exact) mass is 402 g/mol. The first-order chi connectivity index (χ1) is 14.6. The Morgan fingerprint density at radius 1 is 1.03 bits per heavy atom. The highest BCUT2D eigenvalue weighted by Crippen LogP contribution is 2.32. The number of aryl methyl sites for hydroxylation is 1. The van der Waals surface area contributed by atoms with E-state index in [2.05, 4.69) is 18.3 Å². The van der Waals surface area contributed by atoms with Crippen LogP contribution in [0.4, 0.5) is 0 Å². The van der Waals surface area contributed by atoms with Gasteiger partial charge in [-0.15, -0.1) is 0 Å². The standard InChI is InChI=1S/C26H30N2O2/c1-2-3-10-25(30)28-26(17-6-7-18-26)24(29)16-13-20-11-14-21(15-12-20)23-9-5-4-8-22(23)19-27/h4-5,8-9,11-12,14-15H,2-3,6-7,10,13,16-18H2,1H3,(H,28,30). The van der Waals surface area contributed by atoms with Crippen molar-refractivity contribution in [2.24, 2.45) is 0 Å². The fraction of sp³-hybridized carbons (Fsp3) is 0.423. The number of unbranched alkanes of at least 4 members (excludes halogenated alkanes) is 1. The molecule has 0 radical (unpaired) electrons. The summed E-state index contributed by atoms with van der Waals surface area (Å²) in [6.45, 7) is 2.06. The number of nitrogens with zero attached hydrogens (tertiary/aromatic N) is 1. The fourth-order valence-electron chi connectivity index (χ4n) is 4.30. The summed E-state index contributed by atoms with van der Waals surface area (Å²) in [5, 5.41) is 12.4. The number of carbonyl (C=O) groups excluding carboxylic acids is 2. The minimum absolute atomic E-state index is 0.00705. The van der Waals surface area contributed by atoms with Crippen LogP contribution in [0.2, 0.25) is 0 Å². The first-order valence-corrected chi connectivity index (χ1v) is 11.0. The van der Waals surface area contributed by atoms with Gasteiger partial charge >= 0.3 is 0 Å². The molecule has 0 saturated heterocycles. The smallest absolute Gasteiger partial charge is 0.220 e. The number of nitrogens with one attached hydrogen (secondary N) is 1. The predicted molar refractivity (Wildman–Crippen MR) is 119 cm³/mol. The summed E-state index contributed by atoms with van der Waals surface area (Å²) in [4.78, 5) is 25.4. The highest BCUT2D eigenvalue weighted by molar-refractivity contribution is 5.93. The van der Waals surface area contributed by atoms with E-state index in [9.17, 15) is 14.9 Å². The number of hydrogen-bond donors (Lipinski definition) is 1. The lowest BCUT2D eigenvalue weighted by molar-refractivity contribution is -0.132. The van der Waals surface area contributed by atoms with E-state index < -0.39 is 5.54 Å². The van der Waals surface area contributed by atoms with Crippen LogP contribution in [0.5, 0.6) is 0 Å². The number of amides is 1. The maximum atomic E-state index is 13.1. The van der Waals surface area contributed by atoms with Gasteiger partial charge in [0.05, 0.1) is 17.2 Å². The molecule has 0 heterocycles. The molecule has 0 unspecified atom stereocenters. The summed E-state index contributed by atoms with van der Waals surface area (Å²) in [7, 11) is 0. The normalized spacial score (nSPS) is 14.8. The number of hydrogen-bond acceptors (Lipinski definition) is 3. The Kier molecular flexibility index (Phi) is 7.41. The predicted octanol–water partition coefficient (Wildman–Crippen LogP) is 5.35. The summed E-state index contributed by atoms with van der Waals surface area (Å²) >= 11 is 0. The van der Waals surface area contributed by atoms with Crippen molar-refractivity contribution in [3.05, 3.63) is 59.7 Å². The van der Waals surface area contributed by atoms with Crippen LogP contribution >= 0.6 is 0 Å². The molecule has 0 bridgehead atoms. The number of nitriles is 1. The summed E-state index contributed by atoms with van der Waals surface area (Å²) in [5.41, 5.74) is 3.01. The highest BCUT2D eigenvalue weighted by Gasteiger charge is 2.41. The van der Waals surface area contributed by atoms with Gasteiger partial charge in [-0.25, -0.2) is 0 Å². The summed E-state index contributed by atoms with van der Waals surface area (Å²) in [6, 6.07) is 17.9. The molecule has 1 saturated carbocycles. The van der Waals surface area contributed by atoms with Crippen LogP contribution in [0.3, 0.4) is 0 Å². The number of carbonyl (C=O) groups is 2. The van der Waals surface area contributed by atoms with Gasteiger partial charge in [-0.3, -0.25) is 9.59 Å². The Hall–Kier alpha value is -2.93. The van der Waals surface area contributed by atoms with Crippen LogP contribution in [0.25, 0.3) is 11.1 Å². The second-order valence-electron chi connectivity index (χ2n) is 8.22. The largest absolute Gasteiger partial charge is 0.344 e. The Bertz CT molecular complexity index is 919. The van der Waals surface area contributed by atoms with Gasteiger partial charge in [-0.1, -0.05) is 68.7 Å². The van der Waals surface area contributed by atoms with Gasteiger partial charge in [0.15, 0.2) is 5.78 Å². The molecule has 3 rings (SSSR count). The van der Waals surface area contributed by atoms with Crippen molar-refractivity contribution in [1.82, 2.24) is 5.32 Å². The third kappa shape index (κ3) is 5.16. The molecule has 4 nitrogen and oxygen atoms in total. The molecule has 156 valence electrons. The van der Waals surface area contributed by atoms with Gasteiger partial charge in [0.25, 0.3) is 0 Å². The maximum absolute atomic E-state index is 13.1. The lowest BCUT2D eigenvalue weighted by Gasteiger charge is -2.29. The zero-order valence-electron chi connectivity index (χ0n) is 17.7. The van der Waals surface area contributed by atoms with Crippen LogP contribution in [0, 0.1) is 11.3 Å². The van der Waals surface area contributed by atoms with Crippen molar-refractivity contribution in [3.8, 4) is 17.2 Å². The number of ketones is 1. The van der Waals surface area contributed by atoms with Gasteiger partial charge in [0.2, 0.25) is 5.91 Å². The molecule has 4 heteroatoms. The first kappa shape index (κ1) is 21.8. The molecular formula is C26H30N2O2. The van der Waals surface area contributed by atoms with E-state index in [1.165, 1.54) is 0 Å². The fourth-order valence-corrected chi connectivity index (χ4v) is 4.30. The third-order valence-corrected chi connectivity index (χ3v) is 6.08. The van der Waals surface area contributed by atoms with Gasteiger partial charge < -0.3 is 5.32 Å². The average molecular weight is 403 g/mol. The molecule has 0 aliphatic heterocycles. The van der Waals surface area contributed by atoms with Crippen LogP contribution in [0.15, 0.2) is 48.5 Å². The van der Waals surface area contributed by atoms with Crippen LogP contribution < -0.4 is 5.32 Å². The van der Waals surface area contributed by atoms with E-state index >= 15 is 0 Å². The number of Topliss-reactive ketones (excluding diaryl/α,β-unsaturated/α-hetero) is 1. The second-order valence-corrected chi connectivity index (χ2v) is 8.22. The summed E-state index contributed by atoms with van der Waals surface area (Å²) < 4.78 is 0. The van der Waals surface area contributed by atoms with E-state index in [1.807, 2.05) is 48.5 Å². The summed E-state index contributed by atoms with van der Waals surface area (Å²) in [6.07, 6.45) is 6.92. The SMILES string of the molecule is CCCCC(=O)NC1(C(=O)CCc2ccc(-c3ccccc3C#N)cc2)CCCC1. The topological polar surface area (TPSA) is 70.0 Å². The van der Waals surface area contributed by atoms with E-state index in [1.54, 1.807) is 0 Å². The van der Waals surface area contributed by atoms with Crippen molar-refractivity contribution in [2.75, 3.05) is 0 Å². The van der Waals surface area contributed by atoms with Crippen molar-refractivity contribution in [3.63, 3.8) is 0 Å². The van der Waals surface area contributed by atoms with Crippen molar-refractivity contribution >= 4 is 11.7 Å². The van der Waals surface area contributed by atoms with Gasteiger partial charge in [-0.05, 0) is 48.4 Å². The molecule has 0 aromatic heterocycles. The Balaban J connectivity index is 1.63. The van der Waals surface area contributed by atoms with Crippen molar-refractivity contribution in [1.29, 1.82) is 5.26 Å². The van der Waals surface area contributed by atoms with Gasteiger partial charge in [0.1, 0.15) is 0 Å². The van der Waals surface area contributed by atoms with E-state index in [-0.39, 0.29) is 11.7 Å². The minimum atomic E-state index is -0.656. The molecular weight excluding hydrogens is 372 g/mol. The van der Waals surface area contributed by atoms with Crippen LogP contribution in [-0.2, 0) is 16.0 Å². The molecule has 1 fully saturated rings. The third-order valence-electron chi connectivity index (χ3n) is 6.08. The Labute approximate surface area is 179 Å². The number of benzene rings is 2. The Morgan fingerprint density at radius 2 is 1.73 bits per heavy atom. The van der Waals surface area contributed by atoms with Gasteiger partial charge in [0, 0.05) is 12.8 Å². The van der Waals surface area contributed by atoms with E-state index in [0.717, 1.165) is 55.2 Å². The summed E-state index contributed by atoms with van der Waals surface area (Å²) in [5.74, 6) is 0.163. The molecule has 0 atom stereocenters. The molecule has 0 spiro atoms. The molecule has 2 aromatic carbocycles. The van der Waals surface area contributed by atoms with E-state index in [0.29, 0.717) is 24.8 Å². The minimum Gasteiger partial charge on any atom is -0.344 e. The lowest BCUT2D eigenvalue weighted by atomic mass is 9.87. The van der Waals surface area contributed by atoms with E-state index in [4.69, 9.17) is 0 Å². The lowest BCUT2D eigenvalue weighted by Crippen LogP contribution is -2.52. The highest BCUT2D eigenvalue weighted by atomic mass is 16.2. The number of rotatable bonds is 9. The zero-order chi connectivity index (χ0) is 21.4. The molecule has 1 amide bonds. The first-order valence-electron chi connectivity index (χ1n) is 11.0. The zero-order valence-corrected chi connectivity index (χ0v) is 17.7. The molecule has 30 heavy (non-hydrogen) atoms. The van der Waals surface area contributed by atoms with Crippen molar-refractivity contribution < 1.29 is 9.59 Å². The average Bonchev–Trinajstić information content (AvgIpc) is 3.26. The molecule has 1 aliphatic rings. The van der Waals surface area contributed by atoms with Crippen LogP contribution in [0.1, 0.15) is 69.4 Å². The van der Waals surface area contributed by atoms with Crippen LogP contribution in [-0.4, -0.2) is 17.2 Å². The quantitative estimate of drug-likeness (QED) is 0.615. The molecule has 1 N–H and O–H groups in total. The molecule has 1 aliphatic carbocycles. The maximum Gasteiger partial charge on any atom is 0.220 e.